The molecule has 0 aliphatic heterocycles. The average molecular weight is 195 g/mol. The van der Waals surface area contributed by atoms with Gasteiger partial charge in [-0.3, -0.25) is 4.79 Å². The van der Waals surface area contributed by atoms with Gasteiger partial charge in [-0.05, 0) is 19.3 Å². The van der Waals surface area contributed by atoms with Gasteiger partial charge in [0.05, 0.1) is 6.54 Å². The van der Waals surface area contributed by atoms with Crippen LogP contribution in [0.15, 0.2) is 25.3 Å². The monoisotopic (exact) mass is 195 g/mol. The van der Waals surface area contributed by atoms with E-state index in [1.54, 1.807) is 6.08 Å². The molecule has 0 atom stereocenters. The van der Waals surface area contributed by atoms with E-state index in [9.17, 15) is 4.79 Å². The molecule has 0 aromatic rings. The number of ketones is 1. The molecule has 14 heavy (non-hydrogen) atoms. The Morgan fingerprint density at radius 3 is 2.57 bits per heavy atom. The third-order valence-corrected chi connectivity index (χ3v) is 1.97. The number of carbonyl (C=O) groups excluding carboxylic acids is 1. The van der Waals surface area contributed by atoms with Gasteiger partial charge in [0.2, 0.25) is 0 Å². The van der Waals surface area contributed by atoms with Gasteiger partial charge in [0.1, 0.15) is 5.78 Å². The SMILES string of the molecule is C=CCCCCCC(=O)CNCC=C. The fourth-order valence-corrected chi connectivity index (χ4v) is 1.19. The van der Waals surface area contributed by atoms with Crippen LogP contribution in [0.1, 0.15) is 32.1 Å². The number of hydrogen-bond donors (Lipinski definition) is 1. The molecule has 0 spiro atoms. The molecule has 0 saturated heterocycles. The zero-order valence-corrected chi connectivity index (χ0v) is 8.93. The molecule has 1 N–H and O–H groups in total. The zero-order valence-electron chi connectivity index (χ0n) is 8.93. The number of Topliss-reactive ketones (excluding diaryl/α,β-unsaturated/α-hetero) is 1. The summed E-state index contributed by atoms with van der Waals surface area (Å²) in [4.78, 5) is 11.2. The van der Waals surface area contributed by atoms with E-state index >= 15 is 0 Å². The predicted octanol–water partition coefficient (Wildman–Crippen LogP) is 2.47. The Bertz CT molecular complexity index is 175. The van der Waals surface area contributed by atoms with Crippen molar-refractivity contribution in [2.75, 3.05) is 13.1 Å². The highest BCUT2D eigenvalue weighted by molar-refractivity contribution is 5.80. The smallest absolute Gasteiger partial charge is 0.146 e. The highest BCUT2D eigenvalue weighted by Gasteiger charge is 1.99. The molecule has 80 valence electrons. The van der Waals surface area contributed by atoms with Gasteiger partial charge in [0.15, 0.2) is 0 Å². The van der Waals surface area contributed by atoms with E-state index in [-0.39, 0.29) is 0 Å². The Kier molecular flexibility index (Phi) is 9.54. The van der Waals surface area contributed by atoms with Crippen molar-refractivity contribution in [3.8, 4) is 0 Å². The molecule has 0 radical (unpaired) electrons. The van der Waals surface area contributed by atoms with Crippen LogP contribution < -0.4 is 5.32 Å². The minimum atomic E-state index is 0.297. The number of carbonyl (C=O) groups is 1. The van der Waals surface area contributed by atoms with Crippen LogP contribution in [0.2, 0.25) is 0 Å². The summed E-state index contributed by atoms with van der Waals surface area (Å²) >= 11 is 0. The van der Waals surface area contributed by atoms with Gasteiger partial charge in [0.25, 0.3) is 0 Å². The first-order chi connectivity index (χ1) is 6.81. The van der Waals surface area contributed by atoms with Crippen LogP contribution in [-0.4, -0.2) is 18.9 Å². The Morgan fingerprint density at radius 2 is 1.93 bits per heavy atom. The van der Waals surface area contributed by atoms with Gasteiger partial charge < -0.3 is 5.32 Å². The summed E-state index contributed by atoms with van der Waals surface area (Å²) in [5.41, 5.74) is 0. The van der Waals surface area contributed by atoms with Crippen molar-refractivity contribution in [3.63, 3.8) is 0 Å². The fourth-order valence-electron chi connectivity index (χ4n) is 1.19. The molecule has 2 nitrogen and oxygen atoms in total. The highest BCUT2D eigenvalue weighted by atomic mass is 16.1. The second-order valence-electron chi connectivity index (χ2n) is 3.35. The minimum Gasteiger partial charge on any atom is -0.307 e. The van der Waals surface area contributed by atoms with Crippen molar-refractivity contribution in [1.29, 1.82) is 0 Å². The molecule has 0 aliphatic carbocycles. The number of hydrogen-bond acceptors (Lipinski definition) is 2. The Hall–Kier alpha value is -0.890. The number of rotatable bonds is 10. The van der Waals surface area contributed by atoms with E-state index in [1.165, 1.54) is 0 Å². The van der Waals surface area contributed by atoms with Crippen molar-refractivity contribution >= 4 is 5.78 Å². The van der Waals surface area contributed by atoms with E-state index < -0.39 is 0 Å². The minimum absolute atomic E-state index is 0.297. The topological polar surface area (TPSA) is 29.1 Å². The summed E-state index contributed by atoms with van der Waals surface area (Å²) in [6, 6.07) is 0. The normalized spacial score (nSPS) is 9.71. The summed E-state index contributed by atoms with van der Waals surface area (Å²) in [6.07, 6.45) is 8.72. The molecular weight excluding hydrogens is 174 g/mol. The molecule has 2 heteroatoms. The Labute approximate surface area is 87.1 Å². The molecule has 0 unspecified atom stereocenters. The Balaban J connectivity index is 3.17. The molecule has 0 aliphatic rings. The first kappa shape index (κ1) is 13.1. The molecule has 0 amide bonds. The molecule has 0 fully saturated rings. The average Bonchev–Trinajstić information content (AvgIpc) is 2.18. The number of allylic oxidation sites excluding steroid dienone is 1. The lowest BCUT2D eigenvalue weighted by molar-refractivity contribution is -0.118. The van der Waals surface area contributed by atoms with Crippen molar-refractivity contribution in [2.45, 2.75) is 32.1 Å². The maximum absolute atomic E-state index is 11.2. The summed E-state index contributed by atoms with van der Waals surface area (Å²) in [5.74, 6) is 0.297. The van der Waals surface area contributed by atoms with Gasteiger partial charge in [-0.2, -0.15) is 0 Å². The van der Waals surface area contributed by atoms with Crippen molar-refractivity contribution < 1.29 is 4.79 Å². The second-order valence-corrected chi connectivity index (χ2v) is 3.35. The van der Waals surface area contributed by atoms with E-state index in [0.29, 0.717) is 25.3 Å². The lowest BCUT2D eigenvalue weighted by Gasteiger charge is -2.01. The van der Waals surface area contributed by atoms with Crippen LogP contribution in [0.25, 0.3) is 0 Å². The molecule has 0 saturated carbocycles. The maximum Gasteiger partial charge on any atom is 0.146 e. The third-order valence-electron chi connectivity index (χ3n) is 1.97. The molecule has 0 heterocycles. The van der Waals surface area contributed by atoms with Gasteiger partial charge in [-0.15, -0.1) is 13.2 Å². The Morgan fingerprint density at radius 1 is 1.14 bits per heavy atom. The zero-order chi connectivity index (χ0) is 10.6. The first-order valence-electron chi connectivity index (χ1n) is 5.25. The molecule has 0 bridgehead atoms. The van der Waals surface area contributed by atoms with Gasteiger partial charge in [-0.25, -0.2) is 0 Å². The van der Waals surface area contributed by atoms with Crippen LogP contribution in [0.5, 0.6) is 0 Å². The van der Waals surface area contributed by atoms with Crippen molar-refractivity contribution in [1.82, 2.24) is 5.32 Å². The van der Waals surface area contributed by atoms with Crippen LogP contribution in [0.3, 0.4) is 0 Å². The second kappa shape index (κ2) is 10.2. The van der Waals surface area contributed by atoms with E-state index in [0.717, 1.165) is 25.7 Å². The molecule has 0 rings (SSSR count). The maximum atomic E-state index is 11.2. The van der Waals surface area contributed by atoms with Crippen LogP contribution in [0, 0.1) is 0 Å². The summed E-state index contributed by atoms with van der Waals surface area (Å²) in [6.45, 7) is 8.42. The molecular formula is C12H21NO. The lowest BCUT2D eigenvalue weighted by atomic mass is 10.1. The molecule has 0 aromatic heterocycles. The van der Waals surface area contributed by atoms with Gasteiger partial charge in [-0.1, -0.05) is 18.6 Å². The number of unbranched alkanes of at least 4 members (excludes halogenated alkanes) is 3. The number of nitrogens with one attached hydrogen (secondary N) is 1. The third kappa shape index (κ3) is 9.20. The fraction of sp³-hybridized carbons (Fsp3) is 0.583. The first-order valence-corrected chi connectivity index (χ1v) is 5.25. The van der Waals surface area contributed by atoms with E-state index in [2.05, 4.69) is 18.5 Å². The largest absolute Gasteiger partial charge is 0.307 e. The predicted molar refractivity (Wildman–Crippen MR) is 61.4 cm³/mol. The van der Waals surface area contributed by atoms with Gasteiger partial charge in [0, 0.05) is 13.0 Å². The van der Waals surface area contributed by atoms with Crippen LogP contribution in [0.4, 0.5) is 0 Å². The lowest BCUT2D eigenvalue weighted by Crippen LogP contribution is -2.22. The van der Waals surface area contributed by atoms with E-state index in [1.807, 2.05) is 6.08 Å². The molecule has 0 aromatic carbocycles. The standard InChI is InChI=1S/C12H21NO/c1-3-5-6-7-8-9-12(14)11-13-10-4-2/h3-4,13H,1-2,5-11H2. The van der Waals surface area contributed by atoms with E-state index in [4.69, 9.17) is 0 Å². The van der Waals surface area contributed by atoms with Crippen molar-refractivity contribution in [2.24, 2.45) is 0 Å². The summed E-state index contributed by atoms with van der Waals surface area (Å²) in [5, 5.41) is 3.00. The highest BCUT2D eigenvalue weighted by Crippen LogP contribution is 2.03. The van der Waals surface area contributed by atoms with Gasteiger partial charge >= 0.3 is 0 Å². The quantitative estimate of drug-likeness (QED) is 0.428. The van der Waals surface area contributed by atoms with Crippen molar-refractivity contribution in [3.05, 3.63) is 25.3 Å². The summed E-state index contributed by atoms with van der Waals surface area (Å²) < 4.78 is 0. The van der Waals surface area contributed by atoms with Crippen LogP contribution >= 0.6 is 0 Å². The summed E-state index contributed by atoms with van der Waals surface area (Å²) in [7, 11) is 0. The van der Waals surface area contributed by atoms with Crippen LogP contribution in [-0.2, 0) is 4.79 Å².